The Kier molecular flexibility index (Phi) is 12.3. The number of unbranched alkanes of at least 4 members (excludes halogenated alkanes) is 7. The minimum Gasteiger partial charge on any atom is -0.544 e. The molecular weight excluding hydrogens is 344 g/mol. The second kappa shape index (κ2) is 12.6. The van der Waals surface area contributed by atoms with Gasteiger partial charge in [0, 0.05) is 0 Å². The van der Waals surface area contributed by atoms with Crippen molar-refractivity contribution in [2.75, 3.05) is 7.11 Å². The largest absolute Gasteiger partial charge is 0.544 e. The SMILES string of the molecule is CCCCCCCCC/C=C(/C=C(\OC)O[Si](C)(C)C)O[Si](C)(C)C. The van der Waals surface area contributed by atoms with Gasteiger partial charge in [0.25, 0.3) is 5.95 Å². The molecule has 0 radical (unpaired) electrons. The van der Waals surface area contributed by atoms with Gasteiger partial charge in [-0.25, -0.2) is 0 Å². The molecule has 148 valence electrons. The lowest BCUT2D eigenvalue weighted by atomic mass is 10.1. The van der Waals surface area contributed by atoms with Gasteiger partial charge in [0.2, 0.25) is 16.6 Å². The Morgan fingerprint density at radius 1 is 0.760 bits per heavy atom. The van der Waals surface area contributed by atoms with Crippen LogP contribution < -0.4 is 0 Å². The molecule has 0 atom stereocenters. The molecule has 25 heavy (non-hydrogen) atoms. The first-order valence-electron chi connectivity index (χ1n) is 9.91. The molecule has 0 aromatic rings. The average Bonchev–Trinajstić information content (AvgIpc) is 2.46. The highest BCUT2D eigenvalue weighted by Gasteiger charge is 2.21. The zero-order valence-corrected chi connectivity index (χ0v) is 20.0. The quantitative estimate of drug-likeness (QED) is 0.137. The van der Waals surface area contributed by atoms with E-state index in [4.69, 9.17) is 13.6 Å². The Morgan fingerprint density at radius 2 is 1.28 bits per heavy atom. The summed E-state index contributed by atoms with van der Waals surface area (Å²) in [6, 6.07) is 0. The molecule has 0 spiro atoms. The fourth-order valence-corrected chi connectivity index (χ4v) is 3.97. The van der Waals surface area contributed by atoms with E-state index in [1.807, 2.05) is 6.08 Å². The number of methoxy groups -OCH3 is 1. The molecule has 3 nitrogen and oxygen atoms in total. The molecule has 0 amide bonds. The van der Waals surface area contributed by atoms with Gasteiger partial charge in [0.15, 0.2) is 0 Å². The third-order valence-electron chi connectivity index (χ3n) is 3.45. The summed E-state index contributed by atoms with van der Waals surface area (Å²) in [5, 5.41) is 0. The highest BCUT2D eigenvalue weighted by molar-refractivity contribution is 6.70. The van der Waals surface area contributed by atoms with Crippen LogP contribution in [0.1, 0.15) is 58.3 Å². The zero-order valence-electron chi connectivity index (χ0n) is 18.0. The van der Waals surface area contributed by atoms with Crippen LogP contribution in [0.3, 0.4) is 0 Å². The Bertz CT molecular complexity index is 404. The Labute approximate surface area is 159 Å². The number of hydrogen-bond donors (Lipinski definition) is 0. The van der Waals surface area contributed by atoms with Crippen molar-refractivity contribution >= 4 is 16.6 Å². The first-order chi connectivity index (χ1) is 11.6. The first kappa shape index (κ1) is 24.3. The second-order valence-corrected chi connectivity index (χ2v) is 17.5. The van der Waals surface area contributed by atoms with Crippen molar-refractivity contribution in [3.63, 3.8) is 0 Å². The van der Waals surface area contributed by atoms with Crippen LogP contribution in [0.5, 0.6) is 0 Å². The lowest BCUT2D eigenvalue weighted by Crippen LogP contribution is -2.26. The third kappa shape index (κ3) is 16.5. The predicted octanol–water partition coefficient (Wildman–Crippen LogP) is 7.20. The van der Waals surface area contributed by atoms with Crippen molar-refractivity contribution in [1.82, 2.24) is 0 Å². The van der Waals surface area contributed by atoms with Crippen LogP contribution in [-0.2, 0) is 13.6 Å². The molecule has 0 aromatic carbocycles. The van der Waals surface area contributed by atoms with Crippen LogP contribution in [0.2, 0.25) is 39.3 Å². The van der Waals surface area contributed by atoms with Gasteiger partial charge >= 0.3 is 0 Å². The monoisotopic (exact) mass is 386 g/mol. The van der Waals surface area contributed by atoms with Crippen molar-refractivity contribution in [3.8, 4) is 0 Å². The Morgan fingerprint density at radius 3 is 1.76 bits per heavy atom. The maximum absolute atomic E-state index is 6.22. The molecule has 0 aliphatic rings. The smallest absolute Gasteiger partial charge is 0.268 e. The summed E-state index contributed by atoms with van der Waals surface area (Å²) in [7, 11) is -1.69. The van der Waals surface area contributed by atoms with Gasteiger partial charge in [-0.2, -0.15) is 0 Å². The molecule has 5 heteroatoms. The lowest BCUT2D eigenvalue weighted by Gasteiger charge is -2.23. The van der Waals surface area contributed by atoms with E-state index in [-0.39, 0.29) is 0 Å². The summed E-state index contributed by atoms with van der Waals surface area (Å²) in [6.45, 7) is 15.3. The number of allylic oxidation sites excluding steroid dienone is 2. The van der Waals surface area contributed by atoms with E-state index in [1.165, 1.54) is 44.9 Å². The van der Waals surface area contributed by atoms with Crippen molar-refractivity contribution in [1.29, 1.82) is 0 Å². The van der Waals surface area contributed by atoms with E-state index in [0.29, 0.717) is 5.95 Å². The molecule has 0 fully saturated rings. The fourth-order valence-electron chi connectivity index (χ4n) is 2.38. The molecule has 0 N–H and O–H groups in total. The number of hydrogen-bond acceptors (Lipinski definition) is 3. The zero-order chi connectivity index (χ0) is 19.3. The van der Waals surface area contributed by atoms with Gasteiger partial charge in [0.05, 0.1) is 13.2 Å². The van der Waals surface area contributed by atoms with Crippen molar-refractivity contribution in [2.45, 2.75) is 97.6 Å². The molecule has 0 rings (SSSR count). The molecule has 0 saturated heterocycles. The average molecular weight is 387 g/mol. The standard InChI is InChI=1S/C20H42O3Si2/c1-9-10-11-12-13-14-15-16-17-19(22-24(3,4)5)18-20(21-2)23-25(6,7)8/h17-18H,9-16H2,1-8H3/b19-17-,20-18+. The first-order valence-corrected chi connectivity index (χ1v) is 16.7. The van der Waals surface area contributed by atoms with Gasteiger partial charge in [-0.3, -0.25) is 0 Å². The molecular formula is C20H42O3Si2. The predicted molar refractivity (Wildman–Crippen MR) is 115 cm³/mol. The summed E-state index contributed by atoms with van der Waals surface area (Å²) in [5.41, 5.74) is 0. The Balaban J connectivity index is 4.65. The minimum atomic E-state index is -1.69. The maximum Gasteiger partial charge on any atom is 0.268 e. The molecule has 0 aromatic heterocycles. The summed E-state index contributed by atoms with van der Waals surface area (Å²) >= 11 is 0. The van der Waals surface area contributed by atoms with Crippen LogP contribution in [0.25, 0.3) is 0 Å². The highest BCUT2D eigenvalue weighted by Crippen LogP contribution is 2.19. The molecule has 0 bridgehead atoms. The lowest BCUT2D eigenvalue weighted by molar-refractivity contribution is 0.145. The van der Waals surface area contributed by atoms with Crippen molar-refractivity contribution < 1.29 is 13.6 Å². The minimum absolute atomic E-state index is 0.572. The molecule has 0 unspecified atom stereocenters. The van der Waals surface area contributed by atoms with Crippen molar-refractivity contribution in [3.05, 3.63) is 23.9 Å². The van der Waals surface area contributed by atoms with Crippen LogP contribution in [0.15, 0.2) is 23.9 Å². The molecule has 0 aliphatic heterocycles. The summed E-state index contributed by atoms with van der Waals surface area (Å²) in [5.74, 6) is 1.48. The normalized spacial score (nSPS) is 13.8. The maximum atomic E-state index is 6.22. The third-order valence-corrected chi connectivity index (χ3v) is 5.11. The molecule has 0 saturated carbocycles. The van der Waals surface area contributed by atoms with Gasteiger partial charge in [-0.15, -0.1) is 0 Å². The topological polar surface area (TPSA) is 27.7 Å². The van der Waals surface area contributed by atoms with Gasteiger partial charge in [-0.1, -0.05) is 45.4 Å². The van der Waals surface area contributed by atoms with E-state index < -0.39 is 16.6 Å². The van der Waals surface area contributed by atoms with Gasteiger partial charge < -0.3 is 13.6 Å². The van der Waals surface area contributed by atoms with Crippen LogP contribution in [0, 0.1) is 0 Å². The molecule has 0 aliphatic carbocycles. The fraction of sp³-hybridized carbons (Fsp3) is 0.800. The summed E-state index contributed by atoms with van der Waals surface area (Å²) in [6.07, 6.45) is 14.5. The van der Waals surface area contributed by atoms with E-state index in [2.05, 4.69) is 52.3 Å². The van der Waals surface area contributed by atoms with Crippen molar-refractivity contribution in [2.24, 2.45) is 0 Å². The number of rotatable bonds is 14. The summed E-state index contributed by atoms with van der Waals surface area (Å²) < 4.78 is 17.6. The summed E-state index contributed by atoms with van der Waals surface area (Å²) in [4.78, 5) is 0. The van der Waals surface area contributed by atoms with Crippen LogP contribution in [-0.4, -0.2) is 23.7 Å². The highest BCUT2D eigenvalue weighted by atomic mass is 28.4. The molecule has 0 heterocycles. The number of ether oxygens (including phenoxy) is 1. The second-order valence-electron chi connectivity index (χ2n) is 8.61. The van der Waals surface area contributed by atoms with Crippen LogP contribution in [0.4, 0.5) is 0 Å². The van der Waals surface area contributed by atoms with E-state index >= 15 is 0 Å². The van der Waals surface area contributed by atoms with E-state index in [9.17, 15) is 0 Å². The van der Waals surface area contributed by atoms with Gasteiger partial charge in [-0.05, 0) is 58.2 Å². The van der Waals surface area contributed by atoms with Crippen LogP contribution >= 0.6 is 0 Å². The van der Waals surface area contributed by atoms with E-state index in [1.54, 1.807) is 7.11 Å². The Hall–Kier alpha value is -0.686. The van der Waals surface area contributed by atoms with Gasteiger partial charge in [0.1, 0.15) is 5.76 Å². The van der Waals surface area contributed by atoms with E-state index in [0.717, 1.165) is 12.2 Å².